The minimum atomic E-state index is -1.54. The zero-order valence-electron chi connectivity index (χ0n) is 11.7. The van der Waals surface area contributed by atoms with E-state index in [0.717, 1.165) is 12.8 Å². The van der Waals surface area contributed by atoms with Gasteiger partial charge in [-0.1, -0.05) is 13.8 Å². The molecule has 0 aliphatic carbocycles. The largest absolute Gasteiger partial charge is 0.391 e. The van der Waals surface area contributed by atoms with Crippen LogP contribution in [0, 0.1) is 0 Å². The Morgan fingerprint density at radius 1 is 0.733 bits per heavy atom. The molecule has 0 aromatic carbocycles. The monoisotopic (exact) mass is 248 g/mol. The van der Waals surface area contributed by atoms with Gasteiger partial charge in [-0.25, -0.2) is 0 Å². The van der Waals surface area contributed by atoms with Gasteiger partial charge in [0.1, 0.15) is 5.79 Å². The molecule has 2 nitrogen and oxygen atoms in total. The predicted molar refractivity (Wildman–Crippen MR) is 72.2 cm³/mol. The molecule has 0 atom stereocenters. The Balaban J connectivity index is 4.74. The highest BCUT2D eigenvalue weighted by molar-refractivity contribution is 6.71. The van der Waals surface area contributed by atoms with Crippen molar-refractivity contribution in [1.29, 1.82) is 0 Å². The second-order valence-electron chi connectivity index (χ2n) is 6.05. The lowest BCUT2D eigenvalue weighted by molar-refractivity contribution is -0.132. The van der Waals surface area contributed by atoms with Crippen LogP contribution in [-0.4, -0.2) is 22.4 Å². The summed E-state index contributed by atoms with van der Waals surface area (Å²) in [6.07, 6.45) is 1.88. The van der Waals surface area contributed by atoms with Crippen LogP contribution < -0.4 is 0 Å². The highest BCUT2D eigenvalue weighted by atomic mass is 28.4. The Bertz CT molecular complexity index is 170. The second-order valence-corrected chi connectivity index (χ2v) is 14.9. The average Bonchev–Trinajstić information content (AvgIpc) is 1.98. The Labute approximate surface area is 97.6 Å². The van der Waals surface area contributed by atoms with Crippen molar-refractivity contribution in [3.63, 3.8) is 0 Å². The quantitative estimate of drug-likeness (QED) is 0.518. The topological polar surface area (TPSA) is 18.5 Å². The summed E-state index contributed by atoms with van der Waals surface area (Å²) < 4.78 is 12.5. The van der Waals surface area contributed by atoms with Crippen LogP contribution in [0.5, 0.6) is 0 Å². The van der Waals surface area contributed by atoms with E-state index in [4.69, 9.17) is 8.85 Å². The Morgan fingerprint density at radius 2 is 1.00 bits per heavy atom. The van der Waals surface area contributed by atoms with E-state index in [9.17, 15) is 0 Å². The first-order valence-corrected chi connectivity index (χ1v) is 12.8. The fourth-order valence-electron chi connectivity index (χ4n) is 1.68. The smallest absolute Gasteiger partial charge is 0.187 e. The van der Waals surface area contributed by atoms with Crippen LogP contribution in [0.2, 0.25) is 39.3 Å². The third-order valence-corrected chi connectivity index (χ3v) is 4.03. The van der Waals surface area contributed by atoms with E-state index >= 15 is 0 Å². The standard InChI is InChI=1S/C11H28O2Si2/c1-9-11(10-2,12-14(3,4)5)13-15(6,7)8/h9-10H2,1-8H3. The predicted octanol–water partition coefficient (Wildman–Crippen LogP) is 4.21. The van der Waals surface area contributed by atoms with E-state index in [1.807, 2.05) is 0 Å². The van der Waals surface area contributed by atoms with Gasteiger partial charge in [0.15, 0.2) is 16.6 Å². The Kier molecular flexibility index (Phi) is 5.24. The molecule has 0 aliphatic rings. The summed E-state index contributed by atoms with van der Waals surface area (Å²) in [4.78, 5) is 0. The summed E-state index contributed by atoms with van der Waals surface area (Å²) in [5.41, 5.74) is 0. The minimum Gasteiger partial charge on any atom is -0.391 e. The van der Waals surface area contributed by atoms with Crippen molar-refractivity contribution < 1.29 is 8.85 Å². The molecule has 0 saturated carbocycles. The minimum absolute atomic E-state index is 0.324. The first kappa shape index (κ1) is 15.4. The fourth-order valence-corrected chi connectivity index (χ4v) is 4.65. The summed E-state index contributed by atoms with van der Waals surface area (Å²) in [7, 11) is -3.07. The molecular weight excluding hydrogens is 220 g/mol. The van der Waals surface area contributed by atoms with Gasteiger partial charge in [0.2, 0.25) is 0 Å². The molecule has 0 bridgehead atoms. The first-order valence-electron chi connectivity index (χ1n) is 5.94. The van der Waals surface area contributed by atoms with Crippen LogP contribution in [0.4, 0.5) is 0 Å². The first-order chi connectivity index (χ1) is 6.54. The van der Waals surface area contributed by atoms with Crippen LogP contribution >= 0.6 is 0 Å². The lowest BCUT2D eigenvalue weighted by Gasteiger charge is -2.42. The summed E-state index contributed by atoms with van der Waals surface area (Å²) >= 11 is 0. The van der Waals surface area contributed by atoms with Gasteiger partial charge in [0.25, 0.3) is 0 Å². The van der Waals surface area contributed by atoms with Crippen molar-refractivity contribution in [3.8, 4) is 0 Å². The van der Waals surface area contributed by atoms with Gasteiger partial charge in [-0.2, -0.15) is 0 Å². The molecule has 0 radical (unpaired) electrons. The van der Waals surface area contributed by atoms with Gasteiger partial charge in [-0.05, 0) is 52.1 Å². The van der Waals surface area contributed by atoms with E-state index in [1.54, 1.807) is 0 Å². The van der Waals surface area contributed by atoms with E-state index in [1.165, 1.54) is 0 Å². The third kappa shape index (κ3) is 6.50. The number of rotatable bonds is 6. The summed E-state index contributed by atoms with van der Waals surface area (Å²) in [5, 5.41) is 0. The molecule has 0 aromatic rings. The maximum Gasteiger partial charge on any atom is 0.187 e. The van der Waals surface area contributed by atoms with Gasteiger partial charge in [0.05, 0.1) is 0 Å². The molecule has 0 N–H and O–H groups in total. The molecule has 0 spiro atoms. The van der Waals surface area contributed by atoms with Crippen LogP contribution in [0.1, 0.15) is 26.7 Å². The Hall–Kier alpha value is 0.354. The van der Waals surface area contributed by atoms with Gasteiger partial charge in [-0.3, -0.25) is 0 Å². The van der Waals surface area contributed by atoms with E-state index in [2.05, 4.69) is 53.1 Å². The maximum atomic E-state index is 6.25. The van der Waals surface area contributed by atoms with Crippen LogP contribution in [0.25, 0.3) is 0 Å². The molecular formula is C11H28O2Si2. The average molecular weight is 249 g/mol. The van der Waals surface area contributed by atoms with E-state index in [0.29, 0.717) is 0 Å². The summed E-state index contributed by atoms with van der Waals surface area (Å²) in [6.45, 7) is 17.7. The summed E-state index contributed by atoms with van der Waals surface area (Å²) in [6, 6.07) is 0. The fraction of sp³-hybridized carbons (Fsp3) is 1.00. The molecule has 0 saturated heterocycles. The number of hydrogen-bond donors (Lipinski definition) is 0. The third-order valence-electron chi connectivity index (χ3n) is 2.06. The highest BCUT2D eigenvalue weighted by Gasteiger charge is 2.37. The van der Waals surface area contributed by atoms with Crippen molar-refractivity contribution in [2.24, 2.45) is 0 Å². The molecule has 0 rings (SSSR count). The molecule has 92 valence electrons. The highest BCUT2D eigenvalue weighted by Crippen LogP contribution is 2.30. The molecule has 0 fully saturated rings. The lowest BCUT2D eigenvalue weighted by atomic mass is 10.2. The van der Waals surface area contributed by atoms with Crippen molar-refractivity contribution in [3.05, 3.63) is 0 Å². The molecule has 15 heavy (non-hydrogen) atoms. The SMILES string of the molecule is CCC(CC)(O[Si](C)(C)C)O[Si](C)(C)C. The Morgan fingerprint density at radius 3 is 1.13 bits per heavy atom. The van der Waals surface area contributed by atoms with Crippen LogP contribution in [0.3, 0.4) is 0 Å². The molecule has 0 aliphatic heterocycles. The van der Waals surface area contributed by atoms with Gasteiger partial charge in [0, 0.05) is 0 Å². The molecule has 0 aromatic heterocycles. The van der Waals surface area contributed by atoms with Crippen molar-refractivity contribution >= 4 is 16.6 Å². The van der Waals surface area contributed by atoms with Crippen molar-refractivity contribution in [1.82, 2.24) is 0 Å². The van der Waals surface area contributed by atoms with Gasteiger partial charge in [-0.15, -0.1) is 0 Å². The molecule has 0 heterocycles. The van der Waals surface area contributed by atoms with Crippen LogP contribution in [-0.2, 0) is 8.85 Å². The van der Waals surface area contributed by atoms with Crippen molar-refractivity contribution in [2.75, 3.05) is 0 Å². The number of hydrogen-bond acceptors (Lipinski definition) is 2. The normalized spacial score (nSPS) is 14.4. The van der Waals surface area contributed by atoms with E-state index < -0.39 is 16.6 Å². The summed E-state index contributed by atoms with van der Waals surface area (Å²) in [5.74, 6) is -0.324. The molecule has 4 heteroatoms. The van der Waals surface area contributed by atoms with Gasteiger partial charge >= 0.3 is 0 Å². The maximum absolute atomic E-state index is 6.25. The zero-order chi connectivity index (χ0) is 12.3. The lowest BCUT2D eigenvalue weighted by Crippen LogP contribution is -2.49. The van der Waals surface area contributed by atoms with Gasteiger partial charge < -0.3 is 8.85 Å². The van der Waals surface area contributed by atoms with Crippen LogP contribution in [0.15, 0.2) is 0 Å². The van der Waals surface area contributed by atoms with E-state index in [-0.39, 0.29) is 5.79 Å². The second kappa shape index (κ2) is 5.12. The molecule has 0 unspecified atom stereocenters. The van der Waals surface area contributed by atoms with Crippen molar-refractivity contribution in [2.45, 2.75) is 71.8 Å². The molecule has 0 amide bonds. The zero-order valence-corrected chi connectivity index (χ0v) is 13.7.